The van der Waals surface area contributed by atoms with Crippen LogP contribution in [0, 0.1) is 5.92 Å². The maximum Gasteiger partial charge on any atom is 0.250 e. The topological polar surface area (TPSA) is 72.2 Å². The van der Waals surface area contributed by atoms with Crippen LogP contribution in [-0.4, -0.2) is 21.0 Å². The Balaban J connectivity index is 2.12. The third-order valence-electron chi connectivity index (χ3n) is 3.08. The van der Waals surface area contributed by atoms with Gasteiger partial charge in [-0.25, -0.2) is 13.1 Å². The Bertz CT molecular complexity index is 486. The minimum Gasteiger partial charge on any atom is -0.330 e. The first-order chi connectivity index (χ1) is 8.03. The summed E-state index contributed by atoms with van der Waals surface area (Å²) in [6, 6.07) is 3.35. The number of nitrogens with one attached hydrogen (secondary N) is 1. The molecule has 1 fully saturated rings. The average molecular weight is 339 g/mol. The van der Waals surface area contributed by atoms with E-state index in [1.807, 2.05) is 0 Å². The molecule has 0 radical (unpaired) electrons. The van der Waals surface area contributed by atoms with E-state index in [4.69, 9.17) is 5.73 Å². The van der Waals surface area contributed by atoms with Crippen molar-refractivity contribution >= 4 is 37.3 Å². The van der Waals surface area contributed by atoms with Gasteiger partial charge >= 0.3 is 0 Å². The van der Waals surface area contributed by atoms with Crippen LogP contribution in [0.25, 0.3) is 0 Å². The smallest absolute Gasteiger partial charge is 0.250 e. The first-order valence-electron chi connectivity index (χ1n) is 5.50. The van der Waals surface area contributed by atoms with E-state index in [0.717, 1.165) is 23.0 Å². The van der Waals surface area contributed by atoms with Crippen molar-refractivity contribution in [1.82, 2.24) is 4.72 Å². The van der Waals surface area contributed by atoms with Crippen LogP contribution in [0.1, 0.15) is 19.3 Å². The van der Waals surface area contributed by atoms with Crippen molar-refractivity contribution in [2.24, 2.45) is 11.7 Å². The van der Waals surface area contributed by atoms with E-state index in [0.29, 0.717) is 10.8 Å². The second-order valence-corrected chi connectivity index (χ2v) is 8.62. The highest BCUT2D eigenvalue weighted by Crippen LogP contribution is 2.29. The summed E-state index contributed by atoms with van der Waals surface area (Å²) in [5, 5.41) is 0. The highest BCUT2D eigenvalue weighted by molar-refractivity contribution is 9.11. The van der Waals surface area contributed by atoms with Crippen LogP contribution >= 0.6 is 27.3 Å². The van der Waals surface area contributed by atoms with Crippen molar-refractivity contribution in [3.63, 3.8) is 0 Å². The SMILES string of the molecule is NCC1CCCC1NS(=O)(=O)c1ccc(Br)s1. The molecule has 3 N–H and O–H groups in total. The van der Waals surface area contributed by atoms with E-state index < -0.39 is 10.0 Å². The lowest BCUT2D eigenvalue weighted by Crippen LogP contribution is -2.39. The fourth-order valence-corrected chi connectivity index (χ4v) is 5.54. The molecule has 0 amide bonds. The van der Waals surface area contributed by atoms with Gasteiger partial charge in [-0.2, -0.15) is 0 Å². The first kappa shape index (κ1) is 13.5. The summed E-state index contributed by atoms with van der Waals surface area (Å²) in [4.78, 5) is 0. The Kier molecular flexibility index (Phi) is 4.25. The zero-order chi connectivity index (χ0) is 12.5. The number of hydrogen-bond acceptors (Lipinski definition) is 4. The molecule has 0 spiro atoms. The summed E-state index contributed by atoms with van der Waals surface area (Å²) in [6.07, 6.45) is 2.94. The van der Waals surface area contributed by atoms with Crippen molar-refractivity contribution in [1.29, 1.82) is 0 Å². The van der Waals surface area contributed by atoms with Gasteiger partial charge in [0, 0.05) is 6.04 Å². The molecular formula is C10H15BrN2O2S2. The zero-order valence-corrected chi connectivity index (χ0v) is 12.4. The number of thiophene rings is 1. The summed E-state index contributed by atoms with van der Waals surface area (Å²) in [7, 11) is -3.38. The van der Waals surface area contributed by atoms with Gasteiger partial charge in [-0.3, -0.25) is 0 Å². The Morgan fingerprint density at radius 3 is 2.82 bits per heavy atom. The van der Waals surface area contributed by atoms with Crippen LogP contribution in [-0.2, 0) is 10.0 Å². The van der Waals surface area contributed by atoms with Crippen molar-refractivity contribution in [3.05, 3.63) is 15.9 Å². The monoisotopic (exact) mass is 338 g/mol. The lowest BCUT2D eigenvalue weighted by molar-refractivity contribution is 0.453. The molecule has 1 aliphatic rings. The normalized spacial score (nSPS) is 25.3. The minimum atomic E-state index is -3.38. The van der Waals surface area contributed by atoms with Gasteiger partial charge in [0.15, 0.2) is 0 Å². The lowest BCUT2D eigenvalue weighted by atomic mass is 10.1. The molecule has 0 bridgehead atoms. The number of halogens is 1. The molecule has 0 saturated heterocycles. The fraction of sp³-hybridized carbons (Fsp3) is 0.600. The molecule has 2 unspecified atom stereocenters. The van der Waals surface area contributed by atoms with E-state index in [-0.39, 0.29) is 12.0 Å². The van der Waals surface area contributed by atoms with E-state index in [1.165, 1.54) is 11.3 Å². The fourth-order valence-electron chi connectivity index (χ4n) is 2.17. The van der Waals surface area contributed by atoms with E-state index in [9.17, 15) is 8.42 Å². The molecule has 17 heavy (non-hydrogen) atoms. The molecule has 1 aromatic rings. The summed E-state index contributed by atoms with van der Waals surface area (Å²) in [5.41, 5.74) is 5.65. The van der Waals surface area contributed by atoms with Gasteiger partial charge in [0.2, 0.25) is 10.0 Å². The van der Waals surface area contributed by atoms with Crippen molar-refractivity contribution in [2.45, 2.75) is 29.5 Å². The van der Waals surface area contributed by atoms with Crippen LogP contribution in [0.2, 0.25) is 0 Å². The maximum absolute atomic E-state index is 12.1. The second kappa shape index (κ2) is 5.36. The number of rotatable bonds is 4. The molecule has 1 heterocycles. The molecule has 1 aliphatic carbocycles. The Labute approximate surface area is 114 Å². The predicted molar refractivity (Wildman–Crippen MR) is 72.5 cm³/mol. The number of nitrogens with two attached hydrogens (primary N) is 1. The molecule has 2 rings (SSSR count). The third-order valence-corrected chi connectivity index (χ3v) is 6.69. The quantitative estimate of drug-likeness (QED) is 0.880. The predicted octanol–water partition coefficient (Wildman–Crippen LogP) is 1.92. The highest BCUT2D eigenvalue weighted by Gasteiger charge is 2.30. The van der Waals surface area contributed by atoms with E-state index in [1.54, 1.807) is 12.1 Å². The van der Waals surface area contributed by atoms with Crippen LogP contribution in [0.3, 0.4) is 0 Å². The molecule has 96 valence electrons. The van der Waals surface area contributed by atoms with Crippen LogP contribution in [0.15, 0.2) is 20.1 Å². The third kappa shape index (κ3) is 3.08. The van der Waals surface area contributed by atoms with Crippen molar-refractivity contribution in [3.8, 4) is 0 Å². The Hall–Kier alpha value is 0.0500. The molecule has 1 saturated carbocycles. The minimum absolute atomic E-state index is 0.00845. The number of sulfonamides is 1. The second-order valence-electron chi connectivity index (χ2n) is 4.21. The van der Waals surface area contributed by atoms with E-state index >= 15 is 0 Å². The average Bonchev–Trinajstić information content (AvgIpc) is 2.86. The van der Waals surface area contributed by atoms with Gasteiger partial charge in [0.1, 0.15) is 4.21 Å². The van der Waals surface area contributed by atoms with Crippen LogP contribution < -0.4 is 10.5 Å². The van der Waals surface area contributed by atoms with Gasteiger partial charge in [0.05, 0.1) is 3.79 Å². The van der Waals surface area contributed by atoms with Gasteiger partial charge in [-0.05, 0) is 53.4 Å². The van der Waals surface area contributed by atoms with Gasteiger partial charge in [-0.1, -0.05) is 6.42 Å². The molecular weight excluding hydrogens is 324 g/mol. The van der Waals surface area contributed by atoms with Crippen LogP contribution in [0.4, 0.5) is 0 Å². The van der Waals surface area contributed by atoms with E-state index in [2.05, 4.69) is 20.7 Å². The standard InChI is InChI=1S/C10H15BrN2O2S2/c11-9-4-5-10(16-9)17(14,15)13-8-3-1-2-7(8)6-12/h4-5,7-8,13H,1-3,6,12H2. The van der Waals surface area contributed by atoms with Crippen molar-refractivity contribution < 1.29 is 8.42 Å². The number of hydrogen-bond donors (Lipinski definition) is 2. The Morgan fingerprint density at radius 1 is 1.47 bits per heavy atom. The lowest BCUT2D eigenvalue weighted by Gasteiger charge is -2.18. The molecule has 0 aromatic carbocycles. The summed E-state index contributed by atoms with van der Waals surface area (Å²) >= 11 is 4.49. The molecule has 1 aromatic heterocycles. The zero-order valence-electron chi connectivity index (χ0n) is 9.23. The summed E-state index contributed by atoms with van der Waals surface area (Å²) in [5.74, 6) is 0.271. The largest absolute Gasteiger partial charge is 0.330 e. The highest BCUT2D eigenvalue weighted by atomic mass is 79.9. The van der Waals surface area contributed by atoms with Crippen LogP contribution in [0.5, 0.6) is 0 Å². The maximum atomic E-state index is 12.1. The molecule has 4 nitrogen and oxygen atoms in total. The van der Waals surface area contributed by atoms with Crippen molar-refractivity contribution in [2.75, 3.05) is 6.54 Å². The van der Waals surface area contributed by atoms with Gasteiger partial charge in [0.25, 0.3) is 0 Å². The summed E-state index contributed by atoms with van der Waals surface area (Å²) < 4.78 is 28.1. The molecule has 2 atom stereocenters. The summed E-state index contributed by atoms with van der Waals surface area (Å²) in [6.45, 7) is 0.543. The first-order valence-corrected chi connectivity index (χ1v) is 8.60. The van der Waals surface area contributed by atoms with Gasteiger partial charge in [-0.15, -0.1) is 11.3 Å². The van der Waals surface area contributed by atoms with Gasteiger partial charge < -0.3 is 5.73 Å². The molecule has 0 aliphatic heterocycles. The molecule has 7 heteroatoms. The Morgan fingerprint density at radius 2 is 2.24 bits per heavy atom.